The Balaban J connectivity index is 0.000000791. The predicted octanol–water partition coefficient (Wildman–Crippen LogP) is 4.39. The number of amides is 1. The van der Waals surface area contributed by atoms with Crippen molar-refractivity contribution in [1.29, 1.82) is 0 Å². The van der Waals surface area contributed by atoms with Gasteiger partial charge in [0.15, 0.2) is 12.1 Å². The Morgan fingerprint density at radius 2 is 1.25 bits per heavy atom. The van der Waals surface area contributed by atoms with Crippen molar-refractivity contribution in [1.82, 2.24) is 14.9 Å². The third-order valence-corrected chi connectivity index (χ3v) is 8.39. The van der Waals surface area contributed by atoms with E-state index in [2.05, 4.69) is 32.4 Å². The average molecular weight is 917 g/mol. The van der Waals surface area contributed by atoms with Crippen LogP contribution in [0.2, 0.25) is 20.4 Å². The second-order valence-electron chi connectivity index (χ2n) is 11.8. The Morgan fingerprint density at radius 1 is 0.783 bits per heavy atom. The van der Waals surface area contributed by atoms with Gasteiger partial charge in [0.1, 0.15) is 27.5 Å². The minimum atomic E-state index is -0.639. The van der Waals surface area contributed by atoms with Crippen LogP contribution in [0, 0.1) is 13.8 Å². The monoisotopic (exact) mass is 915 g/mol. The Kier molecular flexibility index (Phi) is 26.3. The summed E-state index contributed by atoms with van der Waals surface area (Å²) >= 11 is 23.3. The van der Waals surface area contributed by atoms with Crippen LogP contribution in [0.5, 0.6) is 11.5 Å². The summed E-state index contributed by atoms with van der Waals surface area (Å²) in [6, 6.07) is 14.5. The van der Waals surface area contributed by atoms with Gasteiger partial charge < -0.3 is 32.8 Å². The first-order valence-electron chi connectivity index (χ1n) is 16.9. The molecule has 2 aromatic heterocycles. The maximum Gasteiger partial charge on any atom is 1.00 e. The molecular formula is C39H41BCl4N4NaO11. The molecule has 1 amide bonds. The maximum atomic E-state index is 12.5. The number of carbonyl (C=O) groups is 6. The topological polar surface area (TPSA) is 204 Å². The fraction of sp³-hybridized carbons (Fsp3) is 0.282. The molecule has 0 fully saturated rings. The molecule has 2 aromatic carbocycles. The molecule has 1 aliphatic heterocycles. The van der Waals surface area contributed by atoms with Gasteiger partial charge in [-0.15, -0.1) is 0 Å². The van der Waals surface area contributed by atoms with E-state index in [1.54, 1.807) is 19.1 Å². The first-order chi connectivity index (χ1) is 27.7. The van der Waals surface area contributed by atoms with Crippen LogP contribution in [0.15, 0.2) is 48.5 Å². The van der Waals surface area contributed by atoms with Gasteiger partial charge in [0.05, 0.1) is 47.6 Å². The molecule has 0 saturated heterocycles. The summed E-state index contributed by atoms with van der Waals surface area (Å²) in [6.45, 7) is 10.4. The van der Waals surface area contributed by atoms with Crippen LogP contribution in [0.3, 0.4) is 0 Å². The van der Waals surface area contributed by atoms with Crippen molar-refractivity contribution in [2.75, 3.05) is 14.2 Å². The van der Waals surface area contributed by atoms with E-state index in [4.69, 9.17) is 61.6 Å². The van der Waals surface area contributed by atoms with E-state index < -0.39 is 17.9 Å². The Bertz CT molecular complexity index is 2130. The molecule has 2 N–H and O–H groups in total. The normalized spacial score (nSPS) is 10.4. The summed E-state index contributed by atoms with van der Waals surface area (Å²) in [7, 11) is 7.62. The molecule has 3 radical (unpaired) electrons. The molecule has 3 heterocycles. The molecule has 0 bridgehead atoms. The minimum Gasteiger partial charge on any atom is -0.793 e. The third-order valence-electron chi connectivity index (χ3n) is 7.41. The smallest absolute Gasteiger partial charge is 0.793 e. The van der Waals surface area contributed by atoms with Gasteiger partial charge in [0, 0.05) is 33.9 Å². The maximum absolute atomic E-state index is 12.5. The van der Waals surface area contributed by atoms with Gasteiger partial charge in [0.2, 0.25) is 5.97 Å². The Morgan fingerprint density at radius 3 is 1.65 bits per heavy atom. The van der Waals surface area contributed by atoms with Crippen molar-refractivity contribution < 1.29 is 82.2 Å². The Labute approximate surface area is 391 Å². The van der Waals surface area contributed by atoms with E-state index in [0.717, 1.165) is 36.5 Å². The largest absolute Gasteiger partial charge is 1.00 e. The van der Waals surface area contributed by atoms with Crippen molar-refractivity contribution in [3.63, 3.8) is 0 Å². The fourth-order valence-corrected chi connectivity index (χ4v) is 5.82. The molecule has 60 heavy (non-hydrogen) atoms. The molecule has 4 aromatic rings. The number of hydrogen-bond donors (Lipinski definition) is 1. The van der Waals surface area contributed by atoms with Crippen molar-refractivity contribution >= 4 is 90.3 Å². The number of ketones is 1. The minimum absolute atomic E-state index is 0. The van der Waals surface area contributed by atoms with E-state index in [9.17, 15) is 28.8 Å². The second-order valence-corrected chi connectivity index (χ2v) is 13.4. The summed E-state index contributed by atoms with van der Waals surface area (Å²) in [5, 5.41) is 0.902. The molecular weight excluding hydrogens is 876 g/mol. The van der Waals surface area contributed by atoms with Gasteiger partial charge in [-0.05, 0) is 79.4 Å². The van der Waals surface area contributed by atoms with Gasteiger partial charge in [0.25, 0.3) is 5.91 Å². The number of methoxy groups -OCH3 is 2. The SMILES string of the molecule is CC(=O)OOC(C)=O.CC(=O)c1c(Cl)cc(Cl)nc1C=O.COc1ccc(CN)c(C)c1.COc1ccc(CN2Cc3nc(Cl)cc(Cl)c3C2=O)c(C)c1.[B-]OC(C)=O.[Na+]. The van der Waals surface area contributed by atoms with Crippen LogP contribution >= 0.6 is 46.4 Å². The zero-order valence-electron chi connectivity index (χ0n) is 34.3. The number of carbonyl (C=O) groups excluding carboxylic acids is 6. The number of nitrogens with zero attached hydrogens (tertiary/aromatic N) is 3. The summed E-state index contributed by atoms with van der Waals surface area (Å²) < 4.78 is 13.9. The average Bonchev–Trinajstić information content (AvgIpc) is 3.49. The zero-order valence-corrected chi connectivity index (χ0v) is 39.3. The van der Waals surface area contributed by atoms with Crippen LogP contribution in [0.1, 0.15) is 86.8 Å². The molecule has 15 nitrogen and oxygen atoms in total. The quantitative estimate of drug-likeness (QED) is 0.0683. The number of Topliss-reactive ketones (excluding diaryl/α,β-unsaturated/α-hetero) is 1. The number of aldehydes is 1. The number of aromatic nitrogens is 2. The molecule has 21 heteroatoms. The van der Waals surface area contributed by atoms with Crippen LogP contribution in [-0.4, -0.2) is 73.0 Å². The summed E-state index contributed by atoms with van der Waals surface area (Å²) in [6.07, 6.45) is 0.453. The van der Waals surface area contributed by atoms with Gasteiger partial charge in [-0.3, -0.25) is 19.2 Å². The van der Waals surface area contributed by atoms with Crippen molar-refractivity contribution in [3.05, 3.63) is 114 Å². The van der Waals surface area contributed by atoms with E-state index >= 15 is 0 Å². The first kappa shape index (κ1) is 55.7. The summed E-state index contributed by atoms with van der Waals surface area (Å²) in [5.41, 5.74) is 11.2. The number of aryl methyl sites for hydroxylation is 2. The molecule has 1 aliphatic rings. The van der Waals surface area contributed by atoms with Gasteiger partial charge in [-0.2, -0.15) is 0 Å². The number of fused-ring (bicyclic) bond motifs is 1. The van der Waals surface area contributed by atoms with Crippen molar-refractivity contribution in [2.24, 2.45) is 5.73 Å². The molecule has 0 aliphatic carbocycles. The summed E-state index contributed by atoms with van der Waals surface area (Å²) in [5.74, 6) is -0.477. The number of benzene rings is 2. The molecule has 5 rings (SSSR count). The molecule has 0 spiro atoms. The molecule has 315 valence electrons. The van der Waals surface area contributed by atoms with Crippen molar-refractivity contribution in [3.8, 4) is 11.5 Å². The third kappa shape index (κ3) is 19.0. The van der Waals surface area contributed by atoms with Gasteiger partial charge >= 0.3 is 41.5 Å². The number of halogens is 4. The number of hydrogen-bond acceptors (Lipinski definition) is 14. The molecule has 0 atom stereocenters. The van der Waals surface area contributed by atoms with Crippen LogP contribution in [0.25, 0.3) is 0 Å². The van der Waals surface area contributed by atoms with E-state index in [1.165, 1.54) is 37.1 Å². The zero-order chi connectivity index (χ0) is 45.0. The number of nitrogens with two attached hydrogens (primary N) is 1. The Hall–Kier alpha value is -4.26. The fourth-order valence-electron chi connectivity index (χ4n) is 4.67. The predicted molar refractivity (Wildman–Crippen MR) is 222 cm³/mol. The van der Waals surface area contributed by atoms with Crippen LogP contribution in [0.4, 0.5) is 0 Å². The number of pyridine rings is 2. The van der Waals surface area contributed by atoms with Gasteiger partial charge in [-0.25, -0.2) is 29.3 Å². The van der Waals surface area contributed by atoms with Gasteiger partial charge in [-0.1, -0.05) is 58.5 Å². The summed E-state index contributed by atoms with van der Waals surface area (Å²) in [4.78, 5) is 80.4. The van der Waals surface area contributed by atoms with Crippen LogP contribution in [-0.2, 0) is 48.4 Å². The standard InChI is InChI=1S/C16H14Cl2N2O2.C9H13NO.C8H5Cl2NO2.C4H6O4.C2H3BO2.Na/c1-9-5-11(22-2)4-3-10(9)7-20-8-13-15(16(20)21)12(17)6-14(18)19-13;1-7-5-9(11-2)4-3-8(7)6-10;1-4(13)8-5(9)2-7(10)11-6(8)3-12;1-3(5)7-8-4(2)6;1-2(4)5-3;/h3-6H,7-8H2,1-2H3;3-5H,6,10H2,1-2H3;2-3H,1H3;1-2H3;1H3;/q;;;;-1;+1. The van der Waals surface area contributed by atoms with Crippen LogP contribution < -0.4 is 44.8 Å². The van der Waals surface area contributed by atoms with E-state index in [0.29, 0.717) is 47.4 Å². The van der Waals surface area contributed by atoms with E-state index in [1.807, 2.05) is 50.2 Å². The van der Waals surface area contributed by atoms with Crippen molar-refractivity contribution in [2.45, 2.75) is 61.2 Å². The number of rotatable bonds is 7. The molecule has 0 saturated carbocycles. The number of ether oxygens (including phenoxy) is 2. The second kappa shape index (κ2) is 28.3. The molecule has 0 unspecified atom stereocenters. The first-order valence-corrected chi connectivity index (χ1v) is 18.4. The van der Waals surface area contributed by atoms with E-state index in [-0.39, 0.29) is 62.7 Å².